The molecule has 3 rings (SSSR count). The highest BCUT2D eigenvalue weighted by Gasteiger charge is 2.32. The highest BCUT2D eigenvalue weighted by Crippen LogP contribution is 2.36. The van der Waals surface area contributed by atoms with E-state index in [9.17, 15) is 4.79 Å². The molecule has 0 saturated carbocycles. The van der Waals surface area contributed by atoms with Crippen LogP contribution in [-0.2, 0) is 9.53 Å². The van der Waals surface area contributed by atoms with Crippen LogP contribution in [0.5, 0.6) is 0 Å². The average molecular weight is 226 g/mol. The van der Waals surface area contributed by atoms with Gasteiger partial charge in [-0.25, -0.2) is 0 Å². The molecule has 1 fully saturated rings. The number of esters is 1. The quantitative estimate of drug-likeness (QED) is 0.696. The molecule has 2 aromatic carbocycles. The van der Waals surface area contributed by atoms with Gasteiger partial charge in [0.05, 0.1) is 5.92 Å². The van der Waals surface area contributed by atoms with Gasteiger partial charge in [-0.15, -0.1) is 0 Å². The first-order valence-corrected chi connectivity index (χ1v) is 5.94. The van der Waals surface area contributed by atoms with Crippen LogP contribution in [0.1, 0.15) is 25.0 Å². The predicted octanol–water partition coefficient (Wildman–Crippen LogP) is 3.46. The van der Waals surface area contributed by atoms with Crippen LogP contribution < -0.4 is 0 Å². The highest BCUT2D eigenvalue weighted by molar-refractivity contribution is 5.86. The van der Waals surface area contributed by atoms with Crippen molar-refractivity contribution in [3.8, 4) is 0 Å². The summed E-state index contributed by atoms with van der Waals surface area (Å²) in [5.41, 5.74) is 1.13. The summed E-state index contributed by atoms with van der Waals surface area (Å²) in [5.74, 6) is -0.0677. The van der Waals surface area contributed by atoms with Crippen LogP contribution in [0.15, 0.2) is 42.5 Å². The van der Waals surface area contributed by atoms with Gasteiger partial charge in [-0.1, -0.05) is 49.4 Å². The first-order chi connectivity index (χ1) is 8.25. The third kappa shape index (κ3) is 1.70. The number of carbonyl (C=O) groups excluding carboxylic acids is 1. The van der Waals surface area contributed by atoms with Crippen LogP contribution in [0, 0.1) is 5.92 Å². The van der Waals surface area contributed by atoms with Crippen molar-refractivity contribution in [2.45, 2.75) is 19.4 Å². The molecule has 2 aromatic rings. The Hall–Kier alpha value is -1.83. The van der Waals surface area contributed by atoms with Crippen molar-refractivity contribution < 1.29 is 9.53 Å². The van der Waals surface area contributed by atoms with Gasteiger partial charge in [0.1, 0.15) is 6.10 Å². The van der Waals surface area contributed by atoms with Gasteiger partial charge >= 0.3 is 5.97 Å². The lowest BCUT2D eigenvalue weighted by Crippen LogP contribution is -2.02. The number of cyclic esters (lactones) is 1. The molecule has 17 heavy (non-hydrogen) atoms. The van der Waals surface area contributed by atoms with E-state index in [1.807, 2.05) is 25.1 Å². The van der Waals surface area contributed by atoms with Crippen LogP contribution in [0.2, 0.25) is 0 Å². The lowest BCUT2D eigenvalue weighted by molar-refractivity contribution is -0.144. The fourth-order valence-electron chi connectivity index (χ4n) is 2.44. The van der Waals surface area contributed by atoms with E-state index in [1.165, 1.54) is 10.8 Å². The second-order valence-electron chi connectivity index (χ2n) is 4.63. The van der Waals surface area contributed by atoms with E-state index >= 15 is 0 Å². The Morgan fingerprint density at radius 1 is 1.12 bits per heavy atom. The van der Waals surface area contributed by atoms with E-state index in [0.29, 0.717) is 0 Å². The second-order valence-corrected chi connectivity index (χ2v) is 4.63. The SMILES string of the molecule is CC1CC(c2cccc3ccccc23)OC1=O. The lowest BCUT2D eigenvalue weighted by Gasteiger charge is -2.12. The number of fused-ring (bicyclic) bond motifs is 1. The topological polar surface area (TPSA) is 26.3 Å². The van der Waals surface area contributed by atoms with Crippen molar-refractivity contribution in [1.82, 2.24) is 0 Å². The normalized spacial score (nSPS) is 23.9. The van der Waals surface area contributed by atoms with Gasteiger partial charge in [-0.3, -0.25) is 4.79 Å². The Kier molecular flexibility index (Phi) is 2.36. The summed E-state index contributed by atoms with van der Waals surface area (Å²) in [6.07, 6.45) is 0.705. The zero-order chi connectivity index (χ0) is 11.8. The summed E-state index contributed by atoms with van der Waals surface area (Å²) in [4.78, 5) is 11.5. The molecule has 1 heterocycles. The molecular formula is C15H14O2. The molecule has 86 valence electrons. The molecule has 0 bridgehead atoms. The van der Waals surface area contributed by atoms with E-state index in [1.54, 1.807) is 0 Å². The van der Waals surface area contributed by atoms with E-state index in [4.69, 9.17) is 4.74 Å². The van der Waals surface area contributed by atoms with Crippen molar-refractivity contribution in [3.63, 3.8) is 0 Å². The Balaban J connectivity index is 2.09. The van der Waals surface area contributed by atoms with E-state index < -0.39 is 0 Å². The van der Waals surface area contributed by atoms with Crippen molar-refractivity contribution in [1.29, 1.82) is 0 Å². The molecule has 2 unspecified atom stereocenters. The molecular weight excluding hydrogens is 212 g/mol. The first kappa shape index (κ1) is 10.3. The molecule has 0 spiro atoms. The van der Waals surface area contributed by atoms with Gasteiger partial charge in [-0.05, 0) is 10.8 Å². The van der Waals surface area contributed by atoms with Gasteiger partial charge in [0.25, 0.3) is 0 Å². The third-order valence-electron chi connectivity index (χ3n) is 3.40. The Morgan fingerprint density at radius 3 is 2.65 bits per heavy atom. The fourth-order valence-corrected chi connectivity index (χ4v) is 2.44. The van der Waals surface area contributed by atoms with Crippen molar-refractivity contribution in [2.24, 2.45) is 5.92 Å². The zero-order valence-electron chi connectivity index (χ0n) is 9.72. The number of hydrogen-bond acceptors (Lipinski definition) is 2. The largest absolute Gasteiger partial charge is 0.457 e. The second kappa shape index (κ2) is 3.88. The van der Waals surface area contributed by atoms with Crippen molar-refractivity contribution in [3.05, 3.63) is 48.0 Å². The van der Waals surface area contributed by atoms with E-state index in [2.05, 4.69) is 24.3 Å². The minimum Gasteiger partial charge on any atom is -0.457 e. The summed E-state index contributed by atoms with van der Waals surface area (Å²) in [6, 6.07) is 14.4. The number of carbonyl (C=O) groups is 1. The molecule has 0 amide bonds. The smallest absolute Gasteiger partial charge is 0.309 e. The van der Waals surface area contributed by atoms with Gasteiger partial charge in [-0.2, -0.15) is 0 Å². The molecule has 1 aliphatic rings. The molecule has 1 saturated heterocycles. The standard InChI is InChI=1S/C15H14O2/c1-10-9-14(17-15(10)16)13-8-4-6-11-5-2-3-7-12(11)13/h2-8,10,14H,9H2,1H3. The molecule has 0 aliphatic carbocycles. The van der Waals surface area contributed by atoms with Gasteiger partial charge in [0.15, 0.2) is 0 Å². The number of ether oxygens (including phenoxy) is 1. The number of rotatable bonds is 1. The van der Waals surface area contributed by atoms with Gasteiger partial charge < -0.3 is 4.74 Å². The summed E-state index contributed by atoms with van der Waals surface area (Å²) in [7, 11) is 0. The van der Waals surface area contributed by atoms with Crippen LogP contribution in [0.3, 0.4) is 0 Å². The Bertz CT molecular complexity index is 569. The maximum atomic E-state index is 11.5. The molecule has 2 heteroatoms. The Morgan fingerprint density at radius 2 is 1.88 bits per heavy atom. The van der Waals surface area contributed by atoms with E-state index in [-0.39, 0.29) is 18.0 Å². The summed E-state index contributed by atoms with van der Waals surface area (Å²) in [5, 5.41) is 2.38. The molecule has 2 atom stereocenters. The third-order valence-corrected chi connectivity index (χ3v) is 3.40. The van der Waals surface area contributed by atoms with Crippen LogP contribution in [-0.4, -0.2) is 5.97 Å². The summed E-state index contributed by atoms with van der Waals surface area (Å²) < 4.78 is 5.43. The van der Waals surface area contributed by atoms with Crippen LogP contribution in [0.25, 0.3) is 10.8 Å². The van der Waals surface area contributed by atoms with Gasteiger partial charge in [0.2, 0.25) is 0 Å². The van der Waals surface area contributed by atoms with Gasteiger partial charge in [0, 0.05) is 12.0 Å². The summed E-state index contributed by atoms with van der Waals surface area (Å²) >= 11 is 0. The molecule has 0 radical (unpaired) electrons. The van der Waals surface area contributed by atoms with Crippen LogP contribution >= 0.6 is 0 Å². The Labute approximate surface area is 100 Å². The highest BCUT2D eigenvalue weighted by atomic mass is 16.5. The monoisotopic (exact) mass is 226 g/mol. The number of benzene rings is 2. The maximum absolute atomic E-state index is 11.5. The average Bonchev–Trinajstić information content (AvgIpc) is 2.69. The first-order valence-electron chi connectivity index (χ1n) is 5.94. The molecule has 0 aromatic heterocycles. The lowest BCUT2D eigenvalue weighted by atomic mass is 9.96. The molecule has 1 aliphatic heterocycles. The minimum absolute atomic E-state index is 0.0129. The minimum atomic E-state index is -0.0806. The maximum Gasteiger partial charge on any atom is 0.309 e. The predicted molar refractivity (Wildman–Crippen MR) is 66.6 cm³/mol. The molecule has 0 N–H and O–H groups in total. The summed E-state index contributed by atoms with van der Waals surface area (Å²) in [6.45, 7) is 1.92. The van der Waals surface area contributed by atoms with E-state index in [0.717, 1.165) is 12.0 Å². The van der Waals surface area contributed by atoms with Crippen molar-refractivity contribution in [2.75, 3.05) is 0 Å². The zero-order valence-corrected chi connectivity index (χ0v) is 9.72. The van der Waals surface area contributed by atoms with Crippen LogP contribution in [0.4, 0.5) is 0 Å². The number of hydrogen-bond donors (Lipinski definition) is 0. The van der Waals surface area contributed by atoms with Crippen molar-refractivity contribution >= 4 is 16.7 Å². The fraction of sp³-hybridized carbons (Fsp3) is 0.267. The molecule has 2 nitrogen and oxygen atoms in total.